The lowest BCUT2D eigenvalue weighted by Crippen LogP contribution is -2.49. The second kappa shape index (κ2) is 12.7. The van der Waals surface area contributed by atoms with E-state index >= 15 is 0 Å². The Hall–Kier alpha value is -0.650. The maximum absolute atomic E-state index is 10.5. The summed E-state index contributed by atoms with van der Waals surface area (Å²) in [6.45, 7) is 6.74. The Labute approximate surface area is 166 Å². The predicted molar refractivity (Wildman–Crippen MR) is 109 cm³/mol. The molecule has 1 saturated heterocycles. The Bertz CT molecular complexity index is 413. The largest absolute Gasteiger partial charge is 0.481 e. The number of carbonyl (C=O) groups is 1. The van der Waals surface area contributed by atoms with Gasteiger partial charge in [0, 0.05) is 6.42 Å². The molecule has 0 saturated carbocycles. The van der Waals surface area contributed by atoms with E-state index in [4.69, 9.17) is 9.84 Å². The van der Waals surface area contributed by atoms with Gasteiger partial charge in [-0.25, -0.2) is 0 Å². The highest BCUT2D eigenvalue weighted by Gasteiger charge is 2.49. The third kappa shape index (κ3) is 8.93. The van der Waals surface area contributed by atoms with Crippen LogP contribution < -0.4 is 0 Å². The fourth-order valence-corrected chi connectivity index (χ4v) is 4.04. The van der Waals surface area contributed by atoms with Gasteiger partial charge in [-0.05, 0) is 39.5 Å². The molecule has 1 rings (SSSR count). The van der Waals surface area contributed by atoms with E-state index in [9.17, 15) is 10.0 Å². The number of hydroxylamine groups is 2. The van der Waals surface area contributed by atoms with Crippen LogP contribution in [0.2, 0.25) is 0 Å². The first-order valence-electron chi connectivity index (χ1n) is 11.2. The molecule has 5 heteroatoms. The Balaban J connectivity index is 1.93. The summed E-state index contributed by atoms with van der Waals surface area (Å²) in [6, 6.07) is 0. The number of aliphatic carboxylic acids is 1. The molecule has 0 spiro atoms. The van der Waals surface area contributed by atoms with Gasteiger partial charge in [0.05, 0.1) is 12.1 Å². The molecule has 0 aromatic rings. The van der Waals surface area contributed by atoms with Crippen LogP contribution in [0.3, 0.4) is 0 Å². The van der Waals surface area contributed by atoms with Crippen molar-refractivity contribution in [3.8, 4) is 0 Å². The van der Waals surface area contributed by atoms with Gasteiger partial charge in [-0.15, -0.1) is 0 Å². The Kier molecular flexibility index (Phi) is 11.5. The highest BCUT2D eigenvalue weighted by atomic mass is 16.6. The van der Waals surface area contributed by atoms with Crippen LogP contribution in [0.5, 0.6) is 0 Å². The molecule has 27 heavy (non-hydrogen) atoms. The molecule has 160 valence electrons. The van der Waals surface area contributed by atoms with Gasteiger partial charge in [-0.3, -0.25) is 4.79 Å². The molecule has 1 fully saturated rings. The fraction of sp³-hybridized carbons (Fsp3) is 0.955. The summed E-state index contributed by atoms with van der Waals surface area (Å²) >= 11 is 0. The van der Waals surface area contributed by atoms with Crippen LogP contribution in [0.1, 0.15) is 117 Å². The van der Waals surface area contributed by atoms with Crippen molar-refractivity contribution in [1.29, 1.82) is 0 Å². The molecule has 1 unspecified atom stereocenters. The van der Waals surface area contributed by atoms with Crippen LogP contribution >= 0.6 is 0 Å². The van der Waals surface area contributed by atoms with Crippen molar-refractivity contribution in [1.82, 2.24) is 5.06 Å². The standard InChI is InChI=1S/C22H43NO4/c1-4-22(23(26)21(2,3)19-27-22)18-16-14-12-10-8-6-5-7-9-11-13-15-17-20(24)25/h26H,4-19H2,1-3H3,(H,24,25). The summed E-state index contributed by atoms with van der Waals surface area (Å²) < 4.78 is 5.98. The number of carboxylic acid groups (broad SMARTS) is 1. The van der Waals surface area contributed by atoms with Crippen molar-refractivity contribution in [2.75, 3.05) is 6.61 Å². The van der Waals surface area contributed by atoms with Gasteiger partial charge >= 0.3 is 5.97 Å². The van der Waals surface area contributed by atoms with Crippen LogP contribution in [0.25, 0.3) is 0 Å². The molecule has 0 aromatic carbocycles. The average molecular weight is 386 g/mol. The van der Waals surface area contributed by atoms with Gasteiger partial charge in [0.15, 0.2) is 0 Å². The molecule has 0 aromatic heterocycles. The van der Waals surface area contributed by atoms with E-state index in [-0.39, 0.29) is 5.54 Å². The Morgan fingerprint density at radius 2 is 1.33 bits per heavy atom. The first kappa shape index (κ1) is 24.4. The minimum atomic E-state index is -0.673. The van der Waals surface area contributed by atoms with E-state index in [0.29, 0.717) is 13.0 Å². The zero-order valence-electron chi connectivity index (χ0n) is 18.0. The molecule has 2 N–H and O–H groups in total. The number of nitrogens with zero attached hydrogens (tertiary/aromatic N) is 1. The van der Waals surface area contributed by atoms with Gasteiger partial charge in [-0.1, -0.05) is 71.1 Å². The van der Waals surface area contributed by atoms with Crippen molar-refractivity contribution < 1.29 is 19.8 Å². The molecule has 1 aliphatic rings. The van der Waals surface area contributed by atoms with E-state index < -0.39 is 11.7 Å². The smallest absolute Gasteiger partial charge is 0.303 e. The lowest BCUT2D eigenvalue weighted by molar-refractivity contribution is -0.254. The number of ether oxygens (including phenoxy) is 1. The summed E-state index contributed by atoms with van der Waals surface area (Å²) in [7, 11) is 0. The number of hydrogen-bond acceptors (Lipinski definition) is 4. The van der Waals surface area contributed by atoms with Crippen LogP contribution in [0.15, 0.2) is 0 Å². The minimum absolute atomic E-state index is 0.285. The summed E-state index contributed by atoms with van der Waals surface area (Å²) in [4.78, 5) is 10.4. The molecule has 0 aliphatic carbocycles. The zero-order chi connectivity index (χ0) is 20.2. The van der Waals surface area contributed by atoms with E-state index in [2.05, 4.69) is 6.92 Å². The average Bonchev–Trinajstić information content (AvgIpc) is 2.86. The SMILES string of the molecule is CCC1(CCCCCCCCCCCCCCC(=O)O)OCC(C)(C)N1O. The van der Waals surface area contributed by atoms with Crippen LogP contribution in [-0.2, 0) is 9.53 Å². The van der Waals surface area contributed by atoms with Gasteiger partial charge in [0.25, 0.3) is 0 Å². The zero-order valence-corrected chi connectivity index (χ0v) is 18.0. The monoisotopic (exact) mass is 385 g/mol. The van der Waals surface area contributed by atoms with E-state index in [1.807, 2.05) is 13.8 Å². The lowest BCUT2D eigenvalue weighted by atomic mass is 9.98. The summed E-state index contributed by atoms with van der Waals surface area (Å²) in [5.74, 6) is -0.673. The first-order chi connectivity index (χ1) is 12.8. The highest BCUT2D eigenvalue weighted by molar-refractivity contribution is 5.66. The number of unbranched alkanes of at least 4 members (excludes halogenated alkanes) is 11. The van der Waals surface area contributed by atoms with E-state index in [1.54, 1.807) is 0 Å². The van der Waals surface area contributed by atoms with Crippen molar-refractivity contribution in [2.24, 2.45) is 0 Å². The third-order valence-electron chi connectivity index (χ3n) is 5.91. The maximum atomic E-state index is 10.5. The van der Waals surface area contributed by atoms with Gasteiger partial charge < -0.3 is 15.1 Å². The van der Waals surface area contributed by atoms with Crippen molar-refractivity contribution >= 4 is 5.97 Å². The summed E-state index contributed by atoms with van der Waals surface area (Å²) in [6.07, 6.45) is 16.4. The van der Waals surface area contributed by atoms with Crippen molar-refractivity contribution in [2.45, 2.75) is 128 Å². The quantitative estimate of drug-likeness (QED) is 0.312. The molecular formula is C22H43NO4. The fourth-order valence-electron chi connectivity index (χ4n) is 4.04. The van der Waals surface area contributed by atoms with Crippen LogP contribution in [0, 0.1) is 0 Å². The molecule has 1 heterocycles. The van der Waals surface area contributed by atoms with E-state index in [0.717, 1.165) is 32.1 Å². The topological polar surface area (TPSA) is 70.0 Å². The summed E-state index contributed by atoms with van der Waals surface area (Å²) in [5, 5.41) is 20.5. The molecule has 5 nitrogen and oxygen atoms in total. The van der Waals surface area contributed by atoms with Crippen LogP contribution in [-0.4, -0.2) is 39.2 Å². The van der Waals surface area contributed by atoms with Gasteiger partial charge in [-0.2, -0.15) is 5.06 Å². The van der Waals surface area contributed by atoms with Gasteiger partial charge in [0.2, 0.25) is 0 Å². The van der Waals surface area contributed by atoms with Crippen molar-refractivity contribution in [3.05, 3.63) is 0 Å². The number of rotatable bonds is 16. The first-order valence-corrected chi connectivity index (χ1v) is 11.2. The second-order valence-electron chi connectivity index (χ2n) is 8.85. The molecule has 1 aliphatic heterocycles. The number of hydrogen-bond donors (Lipinski definition) is 2. The molecule has 1 atom stereocenters. The lowest BCUT2D eigenvalue weighted by Gasteiger charge is -2.36. The normalized spacial score (nSPS) is 22.4. The highest BCUT2D eigenvalue weighted by Crippen LogP contribution is 2.39. The minimum Gasteiger partial charge on any atom is -0.481 e. The Morgan fingerprint density at radius 3 is 1.70 bits per heavy atom. The summed E-state index contributed by atoms with van der Waals surface area (Å²) in [5.41, 5.74) is -0.764. The maximum Gasteiger partial charge on any atom is 0.303 e. The number of carboxylic acids is 1. The van der Waals surface area contributed by atoms with Crippen LogP contribution in [0.4, 0.5) is 0 Å². The van der Waals surface area contributed by atoms with Crippen molar-refractivity contribution in [3.63, 3.8) is 0 Å². The molecular weight excluding hydrogens is 342 g/mol. The second-order valence-corrected chi connectivity index (χ2v) is 8.85. The predicted octanol–water partition coefficient (Wildman–Crippen LogP) is 6.14. The Morgan fingerprint density at radius 1 is 0.889 bits per heavy atom. The van der Waals surface area contributed by atoms with Gasteiger partial charge in [0.1, 0.15) is 5.72 Å². The van der Waals surface area contributed by atoms with E-state index in [1.165, 1.54) is 62.9 Å². The third-order valence-corrected chi connectivity index (χ3v) is 5.91. The molecule has 0 amide bonds. The molecule has 0 radical (unpaired) electrons. The molecule has 0 bridgehead atoms.